The van der Waals surface area contributed by atoms with Crippen LogP contribution in [0.25, 0.3) is 0 Å². The van der Waals surface area contributed by atoms with Crippen molar-refractivity contribution in [2.75, 3.05) is 23.3 Å². The van der Waals surface area contributed by atoms with Gasteiger partial charge in [0.05, 0.1) is 41.0 Å². The molecule has 3 aromatic heterocycles. The predicted octanol–water partition coefficient (Wildman–Crippen LogP) is 2.33. The highest BCUT2D eigenvalue weighted by Crippen LogP contribution is 2.25. The number of primary amides is 1. The van der Waals surface area contributed by atoms with E-state index in [1.54, 1.807) is 36.5 Å². The Morgan fingerprint density at radius 3 is 2.59 bits per heavy atom. The van der Waals surface area contributed by atoms with E-state index in [1.807, 2.05) is 11.0 Å². The zero-order valence-corrected chi connectivity index (χ0v) is 18.1. The van der Waals surface area contributed by atoms with Gasteiger partial charge in [0.1, 0.15) is 18.1 Å². The molecule has 1 amide bonds. The Kier molecular flexibility index (Phi) is 6.60. The lowest BCUT2D eigenvalue weighted by molar-refractivity contribution is 0.100. The number of nitriles is 2. The molecule has 0 spiro atoms. The zero-order valence-electron chi connectivity index (χ0n) is 18.1. The van der Waals surface area contributed by atoms with E-state index < -0.39 is 18.1 Å². The SMILES string of the molecule is N#Cc1ccc(N2CC[C@@H](Nc3cc(Cc4cc(C#N)ccn4)ncc3C(N)=O)[C@@H](F)C2)nc1. The van der Waals surface area contributed by atoms with Crippen LogP contribution in [0.15, 0.2) is 48.9 Å². The first-order chi connectivity index (χ1) is 16.5. The molecule has 0 saturated carbocycles. The number of halogens is 1. The number of aromatic nitrogens is 3. The third-order valence-corrected chi connectivity index (χ3v) is 5.62. The number of pyridine rings is 3. The smallest absolute Gasteiger partial charge is 0.252 e. The Bertz CT molecular complexity index is 1280. The summed E-state index contributed by atoms with van der Waals surface area (Å²) in [5.74, 6) is -0.0583. The number of hydrogen-bond acceptors (Lipinski definition) is 8. The summed E-state index contributed by atoms with van der Waals surface area (Å²) >= 11 is 0. The molecule has 0 bridgehead atoms. The first-order valence-electron chi connectivity index (χ1n) is 10.6. The van der Waals surface area contributed by atoms with Crippen molar-refractivity contribution in [2.24, 2.45) is 5.73 Å². The minimum absolute atomic E-state index is 0.116. The summed E-state index contributed by atoms with van der Waals surface area (Å²) in [4.78, 5) is 26.6. The molecular formula is C24H21FN8O. The van der Waals surface area contributed by atoms with Crippen molar-refractivity contribution in [2.45, 2.75) is 25.1 Å². The second-order valence-corrected chi connectivity index (χ2v) is 7.93. The van der Waals surface area contributed by atoms with Gasteiger partial charge in [0.2, 0.25) is 0 Å². The number of rotatable bonds is 6. The number of alkyl halides is 1. The van der Waals surface area contributed by atoms with Gasteiger partial charge in [-0.25, -0.2) is 9.37 Å². The molecule has 1 saturated heterocycles. The molecule has 1 fully saturated rings. The number of hydrogen-bond donors (Lipinski definition) is 2. The molecule has 0 aliphatic carbocycles. The quantitative estimate of drug-likeness (QED) is 0.575. The van der Waals surface area contributed by atoms with Crippen molar-refractivity contribution >= 4 is 17.4 Å². The number of piperidine rings is 1. The van der Waals surface area contributed by atoms with Gasteiger partial charge in [-0.05, 0) is 36.8 Å². The van der Waals surface area contributed by atoms with Crippen LogP contribution in [-0.4, -0.2) is 46.2 Å². The number of nitrogens with two attached hydrogens (primary N) is 1. The van der Waals surface area contributed by atoms with Crippen LogP contribution < -0.4 is 16.0 Å². The Balaban J connectivity index is 1.49. The maximum atomic E-state index is 15.1. The number of nitrogens with one attached hydrogen (secondary N) is 1. The van der Waals surface area contributed by atoms with Gasteiger partial charge in [0, 0.05) is 42.9 Å². The van der Waals surface area contributed by atoms with E-state index in [0.29, 0.717) is 53.4 Å². The molecule has 1 aliphatic rings. The lowest BCUT2D eigenvalue weighted by Gasteiger charge is -2.36. The van der Waals surface area contributed by atoms with Crippen LogP contribution in [0.1, 0.15) is 39.3 Å². The van der Waals surface area contributed by atoms with Crippen LogP contribution in [0, 0.1) is 22.7 Å². The maximum absolute atomic E-state index is 15.1. The predicted molar refractivity (Wildman–Crippen MR) is 123 cm³/mol. The second-order valence-electron chi connectivity index (χ2n) is 7.93. The fourth-order valence-corrected chi connectivity index (χ4v) is 3.86. The molecular weight excluding hydrogens is 435 g/mol. The molecule has 34 heavy (non-hydrogen) atoms. The van der Waals surface area contributed by atoms with E-state index >= 15 is 4.39 Å². The molecule has 3 N–H and O–H groups in total. The van der Waals surface area contributed by atoms with Gasteiger partial charge in [0.15, 0.2) is 0 Å². The molecule has 9 nitrogen and oxygen atoms in total. The first-order valence-corrected chi connectivity index (χ1v) is 10.6. The maximum Gasteiger partial charge on any atom is 0.252 e. The fraction of sp³-hybridized carbons (Fsp3) is 0.250. The highest BCUT2D eigenvalue weighted by Gasteiger charge is 2.30. The lowest BCUT2D eigenvalue weighted by atomic mass is 10.0. The van der Waals surface area contributed by atoms with Crippen LogP contribution in [-0.2, 0) is 6.42 Å². The van der Waals surface area contributed by atoms with Gasteiger partial charge < -0.3 is 16.0 Å². The highest BCUT2D eigenvalue weighted by molar-refractivity contribution is 5.98. The number of carbonyl (C=O) groups excluding carboxylic acids is 1. The van der Waals surface area contributed by atoms with Crippen molar-refractivity contribution in [3.8, 4) is 12.1 Å². The Labute approximate surface area is 195 Å². The lowest BCUT2D eigenvalue weighted by Crippen LogP contribution is -2.48. The monoisotopic (exact) mass is 456 g/mol. The molecule has 3 aromatic rings. The van der Waals surface area contributed by atoms with Crippen LogP contribution in [0.3, 0.4) is 0 Å². The topological polar surface area (TPSA) is 145 Å². The van der Waals surface area contributed by atoms with E-state index in [0.717, 1.165) is 0 Å². The average Bonchev–Trinajstić information content (AvgIpc) is 2.85. The molecule has 10 heteroatoms. The summed E-state index contributed by atoms with van der Waals surface area (Å²) in [6.07, 6.45) is 3.95. The molecule has 1 aliphatic heterocycles. The number of carbonyl (C=O) groups is 1. The average molecular weight is 456 g/mol. The standard InChI is InChI=1S/C24H21FN8O/c25-20-14-33(23-2-1-16(11-27)12-31-23)6-4-21(20)32-22-9-18(30-13-19(22)24(28)34)8-17-7-15(10-26)3-5-29-17/h1-3,5,7,9,12-13,20-21H,4,6,8,14H2,(H2,28,34)(H,30,32)/t20-,21+/m0/s1. The van der Waals surface area contributed by atoms with E-state index in [-0.39, 0.29) is 12.1 Å². The van der Waals surface area contributed by atoms with E-state index in [4.69, 9.17) is 16.3 Å². The van der Waals surface area contributed by atoms with E-state index in [2.05, 4.69) is 26.3 Å². The van der Waals surface area contributed by atoms with Gasteiger partial charge in [-0.1, -0.05) is 0 Å². The summed E-state index contributed by atoms with van der Waals surface area (Å²) in [6, 6.07) is 11.8. The van der Waals surface area contributed by atoms with Crippen molar-refractivity contribution in [3.05, 3.63) is 77.0 Å². The molecule has 0 radical (unpaired) electrons. The summed E-state index contributed by atoms with van der Waals surface area (Å²) in [6.45, 7) is 0.664. The van der Waals surface area contributed by atoms with Crippen LogP contribution in [0.4, 0.5) is 15.9 Å². The molecule has 0 aromatic carbocycles. The van der Waals surface area contributed by atoms with Gasteiger partial charge in [-0.3, -0.25) is 14.8 Å². The van der Waals surface area contributed by atoms with Crippen molar-refractivity contribution < 1.29 is 9.18 Å². The molecule has 4 heterocycles. The van der Waals surface area contributed by atoms with E-state index in [9.17, 15) is 4.79 Å². The van der Waals surface area contributed by atoms with Crippen LogP contribution in [0.2, 0.25) is 0 Å². The first kappa shape index (κ1) is 22.6. The van der Waals surface area contributed by atoms with Crippen molar-refractivity contribution in [1.82, 2.24) is 15.0 Å². The van der Waals surface area contributed by atoms with Gasteiger partial charge >= 0.3 is 0 Å². The van der Waals surface area contributed by atoms with Crippen LogP contribution in [0.5, 0.6) is 0 Å². The number of nitrogens with zero attached hydrogens (tertiary/aromatic N) is 6. The van der Waals surface area contributed by atoms with Gasteiger partial charge in [0.25, 0.3) is 5.91 Å². The second kappa shape index (κ2) is 9.92. The molecule has 2 atom stereocenters. The van der Waals surface area contributed by atoms with Crippen molar-refractivity contribution in [1.29, 1.82) is 10.5 Å². The van der Waals surface area contributed by atoms with Gasteiger partial charge in [-0.2, -0.15) is 10.5 Å². The van der Waals surface area contributed by atoms with Crippen LogP contribution >= 0.6 is 0 Å². The summed E-state index contributed by atoms with van der Waals surface area (Å²) in [5.41, 5.74) is 8.28. The third-order valence-electron chi connectivity index (χ3n) is 5.62. The molecule has 170 valence electrons. The Morgan fingerprint density at radius 2 is 1.91 bits per heavy atom. The van der Waals surface area contributed by atoms with Crippen molar-refractivity contribution in [3.63, 3.8) is 0 Å². The summed E-state index contributed by atoms with van der Waals surface area (Å²) < 4.78 is 15.1. The largest absolute Gasteiger partial charge is 0.378 e. The normalized spacial score (nSPS) is 17.4. The van der Waals surface area contributed by atoms with Gasteiger partial charge in [-0.15, -0.1) is 0 Å². The third kappa shape index (κ3) is 5.08. The number of anilines is 2. The molecule has 0 unspecified atom stereocenters. The highest BCUT2D eigenvalue weighted by atomic mass is 19.1. The minimum atomic E-state index is -1.24. The fourth-order valence-electron chi connectivity index (χ4n) is 3.86. The molecule has 4 rings (SSSR count). The Hall–Kier alpha value is -4.57. The number of amides is 1. The van der Waals surface area contributed by atoms with E-state index in [1.165, 1.54) is 12.4 Å². The zero-order chi connectivity index (χ0) is 24.1. The Morgan fingerprint density at radius 1 is 1.12 bits per heavy atom. The minimum Gasteiger partial charge on any atom is -0.378 e. The summed E-state index contributed by atoms with van der Waals surface area (Å²) in [7, 11) is 0. The summed E-state index contributed by atoms with van der Waals surface area (Å²) in [5, 5.41) is 21.1.